The quantitative estimate of drug-likeness (QED) is 0.783. The van der Waals surface area contributed by atoms with Gasteiger partial charge in [-0.3, -0.25) is 4.79 Å². The number of carbonyl (C=O) groups is 2. The topological polar surface area (TPSA) is 73.9 Å². The summed E-state index contributed by atoms with van der Waals surface area (Å²) in [6.07, 6.45) is 0. The summed E-state index contributed by atoms with van der Waals surface area (Å²) in [6, 6.07) is 12.5. The highest BCUT2D eigenvalue weighted by atomic mass is 16.6. The van der Waals surface area contributed by atoms with Crippen molar-refractivity contribution in [2.75, 3.05) is 25.6 Å². The van der Waals surface area contributed by atoms with Crippen LogP contribution in [0.25, 0.3) is 0 Å². The van der Waals surface area contributed by atoms with Crippen LogP contribution in [0.1, 0.15) is 11.1 Å². The van der Waals surface area contributed by atoms with E-state index in [2.05, 4.69) is 5.32 Å². The molecule has 1 amide bonds. The van der Waals surface area contributed by atoms with Gasteiger partial charge in [-0.1, -0.05) is 18.2 Å². The normalized spacial score (nSPS) is 10.0. The van der Waals surface area contributed by atoms with E-state index >= 15 is 0 Å². The van der Waals surface area contributed by atoms with E-state index in [0.717, 1.165) is 11.1 Å². The third kappa shape index (κ3) is 5.53. The highest BCUT2D eigenvalue weighted by Crippen LogP contribution is 2.25. The second-order valence-corrected chi connectivity index (χ2v) is 5.45. The van der Waals surface area contributed by atoms with Crippen LogP contribution in [0.5, 0.6) is 11.5 Å². The van der Waals surface area contributed by atoms with Gasteiger partial charge >= 0.3 is 5.97 Å². The molecule has 1 N–H and O–H groups in total. The number of nitrogens with one attached hydrogen (secondary N) is 1. The second kappa shape index (κ2) is 8.73. The highest BCUT2D eigenvalue weighted by molar-refractivity contribution is 5.93. The Morgan fingerprint density at radius 3 is 2.36 bits per heavy atom. The van der Waals surface area contributed by atoms with Gasteiger partial charge < -0.3 is 19.5 Å². The molecule has 132 valence electrons. The lowest BCUT2D eigenvalue weighted by atomic mass is 10.1. The maximum absolute atomic E-state index is 11.8. The van der Waals surface area contributed by atoms with Crippen LogP contribution in [-0.4, -0.2) is 32.2 Å². The Morgan fingerprint density at radius 2 is 1.68 bits per heavy atom. The third-order valence-corrected chi connectivity index (χ3v) is 3.57. The smallest absolute Gasteiger partial charge is 0.344 e. The summed E-state index contributed by atoms with van der Waals surface area (Å²) in [6.45, 7) is 3.27. The molecule has 0 aromatic heterocycles. The lowest BCUT2D eigenvalue weighted by Gasteiger charge is -2.10. The molecule has 0 bridgehead atoms. The molecule has 2 aromatic carbocycles. The molecule has 0 fully saturated rings. The maximum atomic E-state index is 11.8. The summed E-state index contributed by atoms with van der Waals surface area (Å²) >= 11 is 0. The Balaban J connectivity index is 1.77. The number of para-hydroxylation sites is 2. The largest absolute Gasteiger partial charge is 0.493 e. The number of hydrogen-bond donors (Lipinski definition) is 1. The molecule has 0 saturated heterocycles. The number of hydrogen-bond acceptors (Lipinski definition) is 5. The molecule has 0 radical (unpaired) electrons. The lowest BCUT2D eigenvalue weighted by Crippen LogP contribution is -2.23. The SMILES string of the molecule is COc1ccccc1OCC(=O)OCC(=O)Nc1ccc(C)c(C)c1. The van der Waals surface area contributed by atoms with E-state index in [9.17, 15) is 9.59 Å². The first-order valence-electron chi connectivity index (χ1n) is 7.78. The minimum Gasteiger partial charge on any atom is -0.493 e. The van der Waals surface area contributed by atoms with Crippen LogP contribution in [0, 0.1) is 13.8 Å². The first-order chi connectivity index (χ1) is 12.0. The van der Waals surface area contributed by atoms with E-state index in [-0.39, 0.29) is 13.2 Å². The summed E-state index contributed by atoms with van der Waals surface area (Å²) < 4.78 is 15.4. The fraction of sp³-hybridized carbons (Fsp3) is 0.263. The Bertz CT molecular complexity index is 757. The Hall–Kier alpha value is -3.02. The van der Waals surface area contributed by atoms with Crippen molar-refractivity contribution in [2.24, 2.45) is 0 Å². The molecule has 0 heterocycles. The molecule has 0 aliphatic heterocycles. The molecule has 0 unspecified atom stereocenters. The zero-order chi connectivity index (χ0) is 18.2. The molecule has 0 saturated carbocycles. The van der Waals surface area contributed by atoms with Gasteiger partial charge in [-0.25, -0.2) is 4.79 Å². The summed E-state index contributed by atoms with van der Waals surface area (Å²) in [4.78, 5) is 23.5. The molecule has 0 atom stereocenters. The van der Waals surface area contributed by atoms with Crippen molar-refractivity contribution in [1.29, 1.82) is 0 Å². The van der Waals surface area contributed by atoms with Crippen molar-refractivity contribution in [3.63, 3.8) is 0 Å². The first kappa shape index (κ1) is 18.3. The van der Waals surface area contributed by atoms with Crippen molar-refractivity contribution in [1.82, 2.24) is 0 Å². The van der Waals surface area contributed by atoms with E-state index in [1.165, 1.54) is 7.11 Å². The Morgan fingerprint density at radius 1 is 0.960 bits per heavy atom. The molecule has 0 aliphatic rings. The molecular weight excluding hydrogens is 322 g/mol. The third-order valence-electron chi connectivity index (χ3n) is 3.57. The van der Waals surface area contributed by atoms with Crippen molar-refractivity contribution in [3.05, 3.63) is 53.6 Å². The van der Waals surface area contributed by atoms with E-state index < -0.39 is 11.9 Å². The van der Waals surface area contributed by atoms with E-state index in [4.69, 9.17) is 14.2 Å². The predicted molar refractivity (Wildman–Crippen MR) is 94.0 cm³/mol. The van der Waals surface area contributed by atoms with Crippen LogP contribution in [0.3, 0.4) is 0 Å². The maximum Gasteiger partial charge on any atom is 0.344 e. The average molecular weight is 343 g/mol. The van der Waals surface area contributed by atoms with E-state index in [1.807, 2.05) is 26.0 Å². The van der Waals surface area contributed by atoms with Gasteiger partial charge in [0.1, 0.15) is 0 Å². The zero-order valence-corrected chi connectivity index (χ0v) is 14.5. The Kier molecular flexibility index (Phi) is 6.39. The van der Waals surface area contributed by atoms with Gasteiger partial charge in [-0.15, -0.1) is 0 Å². The molecular formula is C19H21NO5. The minimum atomic E-state index is -0.638. The van der Waals surface area contributed by atoms with Crippen LogP contribution in [-0.2, 0) is 14.3 Å². The van der Waals surface area contributed by atoms with Gasteiger partial charge in [0, 0.05) is 5.69 Å². The number of carbonyl (C=O) groups excluding carboxylic acids is 2. The fourth-order valence-corrected chi connectivity index (χ4v) is 2.08. The van der Waals surface area contributed by atoms with Crippen molar-refractivity contribution < 1.29 is 23.8 Å². The van der Waals surface area contributed by atoms with E-state index in [1.54, 1.807) is 30.3 Å². The van der Waals surface area contributed by atoms with Gasteiger partial charge in [-0.2, -0.15) is 0 Å². The number of esters is 1. The van der Waals surface area contributed by atoms with Gasteiger partial charge in [-0.05, 0) is 49.2 Å². The van der Waals surface area contributed by atoms with Crippen molar-refractivity contribution in [3.8, 4) is 11.5 Å². The molecule has 2 aromatic rings. The second-order valence-electron chi connectivity index (χ2n) is 5.45. The lowest BCUT2D eigenvalue weighted by molar-refractivity contribution is -0.149. The number of ether oxygens (including phenoxy) is 3. The fourth-order valence-electron chi connectivity index (χ4n) is 2.08. The standard InChI is InChI=1S/C19H21NO5/c1-13-8-9-15(10-14(13)2)20-18(21)11-25-19(22)12-24-17-7-5-4-6-16(17)23-3/h4-10H,11-12H2,1-3H3,(H,20,21). The number of benzene rings is 2. The van der Waals surface area contributed by atoms with Crippen LogP contribution in [0.2, 0.25) is 0 Å². The van der Waals surface area contributed by atoms with Crippen LogP contribution in [0.15, 0.2) is 42.5 Å². The number of rotatable bonds is 7. The monoisotopic (exact) mass is 343 g/mol. The molecule has 6 heteroatoms. The summed E-state index contributed by atoms with van der Waals surface area (Å²) in [5.74, 6) is -0.0978. The van der Waals surface area contributed by atoms with Gasteiger partial charge in [0.2, 0.25) is 0 Å². The predicted octanol–water partition coefficient (Wildman–Crippen LogP) is 2.87. The Labute approximate surface area is 146 Å². The van der Waals surface area contributed by atoms with Crippen molar-refractivity contribution in [2.45, 2.75) is 13.8 Å². The molecule has 2 rings (SSSR count). The van der Waals surface area contributed by atoms with E-state index in [0.29, 0.717) is 17.2 Å². The summed E-state index contributed by atoms with van der Waals surface area (Å²) in [7, 11) is 1.51. The van der Waals surface area contributed by atoms with Crippen LogP contribution < -0.4 is 14.8 Å². The highest BCUT2D eigenvalue weighted by Gasteiger charge is 2.11. The number of aryl methyl sites for hydroxylation is 2. The molecule has 25 heavy (non-hydrogen) atoms. The van der Waals surface area contributed by atoms with Gasteiger partial charge in [0.05, 0.1) is 7.11 Å². The molecule has 0 spiro atoms. The number of methoxy groups -OCH3 is 1. The summed E-state index contributed by atoms with van der Waals surface area (Å²) in [5.41, 5.74) is 2.87. The molecule has 6 nitrogen and oxygen atoms in total. The first-order valence-corrected chi connectivity index (χ1v) is 7.78. The van der Waals surface area contributed by atoms with Crippen LogP contribution in [0.4, 0.5) is 5.69 Å². The van der Waals surface area contributed by atoms with Crippen LogP contribution >= 0.6 is 0 Å². The van der Waals surface area contributed by atoms with Gasteiger partial charge in [0.15, 0.2) is 24.7 Å². The summed E-state index contributed by atoms with van der Waals surface area (Å²) in [5, 5.41) is 2.68. The number of anilines is 1. The molecule has 0 aliphatic carbocycles. The average Bonchev–Trinajstić information content (AvgIpc) is 2.61. The minimum absolute atomic E-state index is 0.308. The van der Waals surface area contributed by atoms with Gasteiger partial charge in [0.25, 0.3) is 5.91 Å². The zero-order valence-electron chi connectivity index (χ0n) is 14.5. The number of amides is 1. The van der Waals surface area contributed by atoms with Crippen molar-refractivity contribution >= 4 is 17.6 Å².